The maximum atomic E-state index is 13.3. The lowest BCUT2D eigenvalue weighted by Gasteiger charge is -2.04. The van der Waals surface area contributed by atoms with Gasteiger partial charge in [0.2, 0.25) is 4.96 Å². The Bertz CT molecular complexity index is 1900. The Morgan fingerprint density at radius 3 is 2.42 bits per heavy atom. The van der Waals surface area contributed by atoms with Crippen LogP contribution in [0.3, 0.4) is 0 Å². The van der Waals surface area contributed by atoms with Crippen LogP contribution in [0.5, 0.6) is 5.75 Å². The predicted octanol–water partition coefficient (Wildman–Crippen LogP) is 4.45. The fourth-order valence-electron chi connectivity index (χ4n) is 4.13. The third-order valence-corrected chi connectivity index (χ3v) is 6.90. The highest BCUT2D eigenvalue weighted by Gasteiger charge is 2.17. The Morgan fingerprint density at radius 2 is 1.68 bits per heavy atom. The Balaban J connectivity index is 1.46. The quantitative estimate of drug-likeness (QED) is 0.247. The van der Waals surface area contributed by atoms with Crippen molar-refractivity contribution in [3.8, 4) is 34.1 Å². The Hall–Kier alpha value is -4.89. The van der Waals surface area contributed by atoms with Crippen LogP contribution in [0.15, 0.2) is 89.9 Å². The van der Waals surface area contributed by atoms with Crippen molar-refractivity contribution in [3.05, 3.63) is 111 Å². The summed E-state index contributed by atoms with van der Waals surface area (Å²) >= 11 is 1.24. The molecule has 8 nitrogen and oxygen atoms in total. The highest BCUT2D eigenvalue weighted by atomic mass is 32.1. The molecule has 3 aromatic carbocycles. The third-order valence-electron chi connectivity index (χ3n) is 5.94. The molecule has 6 aromatic rings. The van der Waals surface area contributed by atoms with E-state index >= 15 is 0 Å². The van der Waals surface area contributed by atoms with E-state index in [9.17, 15) is 9.59 Å². The summed E-state index contributed by atoms with van der Waals surface area (Å²) in [5, 5.41) is 9.27. The average molecular weight is 520 g/mol. The van der Waals surface area contributed by atoms with Gasteiger partial charge in [-0.25, -0.2) is 4.68 Å². The molecule has 0 aliphatic heterocycles. The summed E-state index contributed by atoms with van der Waals surface area (Å²) in [6, 6.07) is 24.9. The number of carbonyl (C=O) groups excluding carboxylic acids is 1. The number of para-hydroxylation sites is 2. The first-order valence-corrected chi connectivity index (χ1v) is 12.7. The number of benzene rings is 3. The van der Waals surface area contributed by atoms with Gasteiger partial charge in [0.05, 0.1) is 21.5 Å². The fourth-order valence-corrected chi connectivity index (χ4v) is 5.02. The highest BCUT2D eigenvalue weighted by molar-refractivity contribution is 7.15. The van der Waals surface area contributed by atoms with E-state index in [4.69, 9.17) is 9.84 Å². The monoisotopic (exact) mass is 519 g/mol. The van der Waals surface area contributed by atoms with E-state index in [1.165, 1.54) is 22.8 Å². The van der Waals surface area contributed by atoms with Gasteiger partial charge in [0, 0.05) is 24.2 Å². The predicted molar refractivity (Wildman–Crippen MR) is 146 cm³/mol. The second kappa shape index (κ2) is 9.53. The lowest BCUT2D eigenvalue weighted by molar-refractivity contribution is -0.131. The zero-order chi connectivity index (χ0) is 26.2. The number of esters is 1. The molecule has 38 heavy (non-hydrogen) atoms. The molecule has 0 amide bonds. The summed E-state index contributed by atoms with van der Waals surface area (Å²) in [5.74, 6) is 0.211. The normalized spacial score (nSPS) is 11.8. The van der Waals surface area contributed by atoms with Crippen LogP contribution in [0.4, 0.5) is 0 Å². The number of hydrogen-bond donors (Lipinski definition) is 0. The molecule has 0 N–H and O–H groups in total. The van der Waals surface area contributed by atoms with Crippen LogP contribution in [0.1, 0.15) is 18.1 Å². The van der Waals surface area contributed by atoms with Crippen LogP contribution in [0, 0.1) is 6.92 Å². The van der Waals surface area contributed by atoms with Crippen molar-refractivity contribution in [1.29, 1.82) is 0 Å². The lowest BCUT2D eigenvalue weighted by Crippen LogP contribution is -2.23. The molecule has 0 saturated heterocycles. The minimum absolute atomic E-state index is 0.281. The molecule has 0 aliphatic carbocycles. The molecule has 3 heterocycles. The number of aromatic nitrogens is 5. The average Bonchev–Trinajstić information content (AvgIpc) is 3.60. The number of rotatable bonds is 5. The van der Waals surface area contributed by atoms with E-state index in [-0.39, 0.29) is 5.56 Å². The zero-order valence-electron chi connectivity index (χ0n) is 20.5. The number of fused-ring (bicyclic) bond motifs is 1. The van der Waals surface area contributed by atoms with Gasteiger partial charge in [-0.2, -0.15) is 14.6 Å². The number of hydrogen-bond acceptors (Lipinski definition) is 7. The van der Waals surface area contributed by atoms with Gasteiger partial charge in [-0.1, -0.05) is 71.5 Å². The first-order valence-electron chi connectivity index (χ1n) is 11.9. The molecular formula is C29H21N5O3S. The number of carbonyl (C=O) groups is 1. The second-order valence-corrected chi connectivity index (χ2v) is 9.72. The first kappa shape index (κ1) is 23.5. The molecule has 0 unspecified atom stereocenters. The van der Waals surface area contributed by atoms with E-state index in [1.54, 1.807) is 24.3 Å². The van der Waals surface area contributed by atoms with Crippen LogP contribution in [0.2, 0.25) is 0 Å². The molecule has 0 fully saturated rings. The van der Waals surface area contributed by atoms with Crippen molar-refractivity contribution in [2.24, 2.45) is 0 Å². The van der Waals surface area contributed by atoms with Crippen LogP contribution >= 0.6 is 11.3 Å². The summed E-state index contributed by atoms with van der Waals surface area (Å²) in [7, 11) is 0. The molecule has 0 atom stereocenters. The van der Waals surface area contributed by atoms with E-state index in [2.05, 4.69) is 10.1 Å². The van der Waals surface area contributed by atoms with Crippen molar-refractivity contribution in [1.82, 2.24) is 24.4 Å². The summed E-state index contributed by atoms with van der Waals surface area (Å²) in [5.41, 5.74) is 4.85. The highest BCUT2D eigenvalue weighted by Crippen LogP contribution is 2.28. The summed E-state index contributed by atoms with van der Waals surface area (Å²) < 4.78 is 8.87. The van der Waals surface area contributed by atoms with E-state index in [0.717, 1.165) is 28.1 Å². The van der Waals surface area contributed by atoms with Crippen LogP contribution in [-0.2, 0) is 4.79 Å². The summed E-state index contributed by atoms with van der Waals surface area (Å²) in [6.45, 7) is 3.37. The van der Waals surface area contributed by atoms with Crippen LogP contribution in [-0.4, -0.2) is 30.3 Å². The van der Waals surface area contributed by atoms with Crippen LogP contribution in [0.25, 0.3) is 39.4 Å². The van der Waals surface area contributed by atoms with Gasteiger partial charge in [0.1, 0.15) is 5.75 Å². The fraction of sp³-hybridized carbons (Fsp3) is 0.0690. The first-order chi connectivity index (χ1) is 18.5. The van der Waals surface area contributed by atoms with Crippen LogP contribution < -0.4 is 14.8 Å². The molecule has 0 radical (unpaired) electrons. The molecule has 0 saturated carbocycles. The molecule has 186 valence electrons. The molecule has 0 aliphatic rings. The van der Waals surface area contributed by atoms with Gasteiger partial charge >= 0.3 is 5.97 Å². The Kier molecular flexibility index (Phi) is 5.89. The van der Waals surface area contributed by atoms with Gasteiger partial charge in [-0.15, -0.1) is 5.10 Å². The summed E-state index contributed by atoms with van der Waals surface area (Å²) in [4.78, 5) is 29.8. The van der Waals surface area contributed by atoms with Crippen molar-refractivity contribution < 1.29 is 9.53 Å². The number of thiazole rings is 1. The Labute approximate surface area is 221 Å². The maximum Gasteiger partial charge on any atom is 0.308 e. The molecule has 9 heteroatoms. The number of nitrogens with zero attached hydrogens (tertiary/aromatic N) is 5. The molecule has 0 spiro atoms. The van der Waals surface area contributed by atoms with Crippen molar-refractivity contribution in [2.75, 3.05) is 0 Å². The van der Waals surface area contributed by atoms with E-state index < -0.39 is 5.97 Å². The minimum atomic E-state index is -0.444. The van der Waals surface area contributed by atoms with Gasteiger partial charge < -0.3 is 4.74 Å². The van der Waals surface area contributed by atoms with Gasteiger partial charge in [0.25, 0.3) is 5.56 Å². The number of aryl methyl sites for hydroxylation is 1. The molecule has 6 rings (SSSR count). The molecular weight excluding hydrogens is 498 g/mol. The minimum Gasteiger partial charge on any atom is -0.426 e. The van der Waals surface area contributed by atoms with Gasteiger partial charge in [0.15, 0.2) is 5.82 Å². The summed E-state index contributed by atoms with van der Waals surface area (Å²) in [6.07, 6.45) is 3.75. The number of ether oxygens (including phenoxy) is 1. The largest absolute Gasteiger partial charge is 0.426 e. The van der Waals surface area contributed by atoms with Crippen molar-refractivity contribution in [3.63, 3.8) is 0 Å². The van der Waals surface area contributed by atoms with Crippen molar-refractivity contribution in [2.45, 2.75) is 13.8 Å². The topological polar surface area (TPSA) is 91.4 Å². The van der Waals surface area contributed by atoms with E-state index in [0.29, 0.717) is 26.6 Å². The molecule has 3 aromatic heterocycles. The molecule has 0 bridgehead atoms. The van der Waals surface area contributed by atoms with E-state index in [1.807, 2.05) is 78.5 Å². The van der Waals surface area contributed by atoms with Crippen molar-refractivity contribution >= 4 is 28.3 Å². The second-order valence-electron chi connectivity index (χ2n) is 8.71. The SMILES string of the molecule is CC(=O)Oc1ccccc1-c1nc2s/c(=C\c3cn(-c4ccccc4)nc3-c3ccc(C)cc3)c(=O)n2n1. The maximum absolute atomic E-state index is 13.3. The van der Waals surface area contributed by atoms with Gasteiger partial charge in [-0.05, 0) is 37.3 Å². The lowest BCUT2D eigenvalue weighted by atomic mass is 10.1. The standard InChI is InChI=1S/C29H21N5O3S/c1-18-12-14-20(15-13-18)26-21(17-33(31-26)22-8-4-3-5-9-22)16-25-28(36)34-29(38-25)30-27(32-34)23-10-6-7-11-24(23)37-19(2)35/h3-17H,1-2H3/b25-16-. The Morgan fingerprint density at radius 1 is 0.947 bits per heavy atom. The zero-order valence-corrected chi connectivity index (χ0v) is 21.3. The van der Waals surface area contributed by atoms with Gasteiger partial charge in [-0.3, -0.25) is 9.59 Å². The smallest absolute Gasteiger partial charge is 0.308 e. The third kappa shape index (κ3) is 4.39.